The van der Waals surface area contributed by atoms with Crippen LogP contribution in [0.4, 0.5) is 0 Å². The zero-order valence-electron chi connectivity index (χ0n) is 7.90. The number of hydrogen-bond acceptors (Lipinski definition) is 0. The number of fused-ring (bicyclic) bond motifs is 2. The third-order valence-electron chi connectivity index (χ3n) is 2.76. The predicted molar refractivity (Wildman–Crippen MR) is 60.2 cm³/mol. The molecule has 2 aromatic carbocycles. The van der Waals surface area contributed by atoms with Crippen LogP contribution in [0.5, 0.6) is 0 Å². The van der Waals surface area contributed by atoms with Crippen LogP contribution >= 0.6 is 0 Å². The molecule has 0 aromatic heterocycles. The van der Waals surface area contributed by atoms with Gasteiger partial charge in [0.05, 0.1) is 0 Å². The van der Waals surface area contributed by atoms with Gasteiger partial charge in [-0.2, -0.15) is 0 Å². The molecular formula is C14H11. The van der Waals surface area contributed by atoms with Crippen LogP contribution in [0.2, 0.25) is 0 Å². The lowest BCUT2D eigenvalue weighted by Crippen LogP contribution is -1.95. The first-order valence-corrected chi connectivity index (χ1v) is 4.95. The minimum atomic E-state index is 1.07. The molecule has 0 atom stereocenters. The fourth-order valence-corrected chi connectivity index (χ4v) is 2.00. The van der Waals surface area contributed by atoms with Gasteiger partial charge in [-0.1, -0.05) is 48.6 Å². The van der Waals surface area contributed by atoms with Crippen molar-refractivity contribution in [3.63, 3.8) is 0 Å². The normalized spacial score (nSPS) is 14.3. The molecule has 0 saturated carbocycles. The van der Waals surface area contributed by atoms with Crippen LogP contribution in [0.3, 0.4) is 0 Å². The number of rotatable bonds is 0. The minimum absolute atomic E-state index is 1.07. The van der Waals surface area contributed by atoms with Crippen molar-refractivity contribution in [2.45, 2.75) is 6.42 Å². The van der Waals surface area contributed by atoms with Crippen molar-refractivity contribution in [2.24, 2.45) is 0 Å². The predicted octanol–water partition coefficient (Wildman–Crippen LogP) is 3.50. The third kappa shape index (κ3) is 1.15. The highest BCUT2D eigenvalue weighted by atomic mass is 14.1. The van der Waals surface area contributed by atoms with Crippen molar-refractivity contribution in [2.75, 3.05) is 0 Å². The van der Waals surface area contributed by atoms with E-state index < -0.39 is 0 Å². The van der Waals surface area contributed by atoms with Gasteiger partial charge in [0.15, 0.2) is 0 Å². The lowest BCUT2D eigenvalue weighted by atomic mass is 9.93. The second kappa shape index (κ2) is 2.98. The fraction of sp³-hybridized carbons (Fsp3) is 0.0714. The Morgan fingerprint density at radius 2 is 1.71 bits per heavy atom. The van der Waals surface area contributed by atoms with E-state index in [1.54, 1.807) is 0 Å². The quantitative estimate of drug-likeness (QED) is 0.580. The van der Waals surface area contributed by atoms with Crippen LogP contribution in [-0.4, -0.2) is 0 Å². The minimum Gasteiger partial charge on any atom is -0.0835 e. The summed E-state index contributed by atoms with van der Waals surface area (Å²) in [6.07, 6.45) is 7.59. The van der Waals surface area contributed by atoms with Gasteiger partial charge in [0.1, 0.15) is 0 Å². The summed E-state index contributed by atoms with van der Waals surface area (Å²) in [6.45, 7) is 0. The summed E-state index contributed by atoms with van der Waals surface area (Å²) in [5.41, 5.74) is 2.80. The first-order chi connectivity index (χ1) is 6.93. The number of allylic oxidation sites excluding steroid dienone is 2. The molecule has 0 spiro atoms. The van der Waals surface area contributed by atoms with Crippen LogP contribution in [0.25, 0.3) is 10.8 Å². The summed E-state index contributed by atoms with van der Waals surface area (Å²) >= 11 is 0. The maximum Gasteiger partial charge on any atom is 0.0125 e. The molecule has 0 heterocycles. The molecular weight excluding hydrogens is 168 g/mol. The number of benzene rings is 2. The Morgan fingerprint density at radius 1 is 0.929 bits per heavy atom. The summed E-state index contributed by atoms with van der Waals surface area (Å²) in [5, 5.41) is 2.67. The van der Waals surface area contributed by atoms with Crippen LogP contribution in [-0.2, 0) is 6.42 Å². The van der Waals surface area contributed by atoms with E-state index in [9.17, 15) is 0 Å². The first kappa shape index (κ1) is 7.81. The van der Waals surface area contributed by atoms with E-state index in [-0.39, 0.29) is 0 Å². The smallest absolute Gasteiger partial charge is 0.0125 e. The molecule has 0 fully saturated rings. The lowest BCUT2D eigenvalue weighted by Gasteiger charge is -2.11. The molecule has 1 radical (unpaired) electrons. The molecule has 0 amide bonds. The van der Waals surface area contributed by atoms with Crippen molar-refractivity contribution in [3.8, 4) is 0 Å². The van der Waals surface area contributed by atoms with E-state index in [1.807, 2.05) is 0 Å². The van der Waals surface area contributed by atoms with Crippen molar-refractivity contribution in [1.82, 2.24) is 0 Å². The van der Waals surface area contributed by atoms with E-state index in [0.717, 1.165) is 6.42 Å². The molecule has 0 saturated heterocycles. The van der Waals surface area contributed by atoms with Gasteiger partial charge < -0.3 is 0 Å². The highest BCUT2D eigenvalue weighted by Crippen LogP contribution is 2.24. The van der Waals surface area contributed by atoms with E-state index in [1.165, 1.54) is 21.9 Å². The van der Waals surface area contributed by atoms with Gasteiger partial charge in [-0.05, 0) is 28.3 Å². The van der Waals surface area contributed by atoms with Crippen molar-refractivity contribution in [3.05, 3.63) is 66.1 Å². The van der Waals surface area contributed by atoms with Gasteiger partial charge in [-0.3, -0.25) is 0 Å². The van der Waals surface area contributed by atoms with Crippen molar-refractivity contribution >= 4 is 10.8 Å². The maximum absolute atomic E-state index is 2.30. The van der Waals surface area contributed by atoms with Crippen LogP contribution < -0.4 is 0 Å². The highest BCUT2D eigenvalue weighted by Gasteiger charge is 2.05. The van der Waals surface area contributed by atoms with E-state index >= 15 is 0 Å². The zero-order chi connectivity index (χ0) is 9.38. The molecule has 0 heteroatoms. The Morgan fingerprint density at radius 3 is 2.57 bits per heavy atom. The summed E-state index contributed by atoms with van der Waals surface area (Å²) in [4.78, 5) is 0. The maximum atomic E-state index is 2.30. The van der Waals surface area contributed by atoms with Crippen LogP contribution in [0.15, 0.2) is 48.6 Å². The molecule has 0 N–H and O–H groups in total. The summed E-state index contributed by atoms with van der Waals surface area (Å²) in [7, 11) is 0. The zero-order valence-corrected chi connectivity index (χ0v) is 7.90. The fourth-order valence-electron chi connectivity index (χ4n) is 2.00. The Balaban J connectivity index is 2.30. The Hall–Kier alpha value is -1.56. The molecule has 0 nitrogen and oxygen atoms in total. The van der Waals surface area contributed by atoms with Gasteiger partial charge >= 0.3 is 0 Å². The highest BCUT2D eigenvalue weighted by molar-refractivity contribution is 5.84. The van der Waals surface area contributed by atoms with Crippen LogP contribution in [0.1, 0.15) is 11.1 Å². The lowest BCUT2D eigenvalue weighted by molar-refractivity contribution is 1.20. The average Bonchev–Trinajstić information content (AvgIpc) is 2.26. The molecule has 3 rings (SSSR count). The number of hydrogen-bond donors (Lipinski definition) is 0. The molecule has 14 heavy (non-hydrogen) atoms. The van der Waals surface area contributed by atoms with Gasteiger partial charge in [-0.25, -0.2) is 0 Å². The third-order valence-corrected chi connectivity index (χ3v) is 2.76. The summed E-state index contributed by atoms with van der Waals surface area (Å²) in [5.74, 6) is 0. The SMILES string of the molecule is [CH]1C=CCc2cc3ccccc3cc21. The van der Waals surface area contributed by atoms with E-state index in [2.05, 4.69) is 55.0 Å². The van der Waals surface area contributed by atoms with Crippen LogP contribution in [0, 0.1) is 6.42 Å². The largest absolute Gasteiger partial charge is 0.0835 e. The Kier molecular flexibility index (Phi) is 1.66. The molecule has 0 unspecified atom stereocenters. The monoisotopic (exact) mass is 179 g/mol. The van der Waals surface area contributed by atoms with Crippen molar-refractivity contribution < 1.29 is 0 Å². The second-order valence-corrected chi connectivity index (χ2v) is 3.70. The molecule has 2 aromatic rings. The Labute approximate surface area is 83.9 Å². The van der Waals surface area contributed by atoms with Gasteiger partial charge in [-0.15, -0.1) is 0 Å². The van der Waals surface area contributed by atoms with E-state index in [0.29, 0.717) is 0 Å². The standard InChI is InChI=1S/C14H11/c1-2-6-12-10-14-8-4-3-7-13(14)9-11(12)5-1/h1-7,9-10H,8H2. The first-order valence-electron chi connectivity index (χ1n) is 4.95. The van der Waals surface area contributed by atoms with Gasteiger partial charge in [0, 0.05) is 6.42 Å². The van der Waals surface area contributed by atoms with Crippen molar-refractivity contribution in [1.29, 1.82) is 0 Å². The molecule has 67 valence electrons. The average molecular weight is 179 g/mol. The molecule has 1 aliphatic carbocycles. The van der Waals surface area contributed by atoms with E-state index in [4.69, 9.17) is 0 Å². The molecule has 0 aliphatic heterocycles. The second-order valence-electron chi connectivity index (χ2n) is 3.70. The Bertz CT molecular complexity index is 460. The van der Waals surface area contributed by atoms with Gasteiger partial charge in [0.2, 0.25) is 0 Å². The molecule has 1 aliphatic rings. The van der Waals surface area contributed by atoms with Gasteiger partial charge in [0.25, 0.3) is 0 Å². The topological polar surface area (TPSA) is 0 Å². The molecule has 0 bridgehead atoms. The summed E-state index contributed by atoms with van der Waals surface area (Å²) < 4.78 is 0. The summed E-state index contributed by atoms with van der Waals surface area (Å²) in [6, 6.07) is 13.1.